The zero-order chi connectivity index (χ0) is 29.6. The predicted octanol–water partition coefficient (Wildman–Crippen LogP) is 14.6. The highest BCUT2D eigenvalue weighted by Crippen LogP contribution is 2.28. The van der Waals surface area contributed by atoms with Crippen molar-refractivity contribution >= 4 is 18.1 Å². The Morgan fingerprint density at radius 2 is 0.463 bits per heavy atom. The summed E-state index contributed by atoms with van der Waals surface area (Å²) in [5.41, 5.74) is 0. The summed E-state index contributed by atoms with van der Waals surface area (Å²) < 4.78 is 16.7. The van der Waals surface area contributed by atoms with Crippen LogP contribution >= 0.6 is 18.1 Å². The largest absolute Gasteiger partial charge is 0.336 e. The van der Waals surface area contributed by atoms with E-state index in [9.17, 15) is 0 Å². The van der Waals surface area contributed by atoms with E-state index >= 15 is 0 Å². The maximum absolute atomic E-state index is 5.62. The normalized spacial score (nSPS) is 12.1. The standard InChI is InChI=1S/C36H76O3P2/c1-3-5-7-9-11-13-15-17-19-21-23-25-27-29-31-33-35-37-40-39-41-38-36-34-32-30-28-26-24-22-20-18-16-14-12-10-8-6-4-2/h40-41H,3-36H2,1-2H3. The van der Waals surface area contributed by atoms with Crippen molar-refractivity contribution in [2.45, 2.75) is 219 Å². The van der Waals surface area contributed by atoms with Crippen LogP contribution in [0.15, 0.2) is 0 Å². The van der Waals surface area contributed by atoms with E-state index in [0.29, 0.717) is 0 Å². The minimum atomic E-state index is 0.141. The van der Waals surface area contributed by atoms with Gasteiger partial charge in [0.15, 0.2) is 18.1 Å². The van der Waals surface area contributed by atoms with Gasteiger partial charge in [0.05, 0.1) is 13.2 Å². The van der Waals surface area contributed by atoms with E-state index in [1.54, 1.807) is 0 Å². The number of unbranched alkanes of at least 4 members (excludes halogenated alkanes) is 30. The van der Waals surface area contributed by atoms with Gasteiger partial charge in [0.25, 0.3) is 0 Å². The molecule has 0 aliphatic rings. The molecule has 0 N–H and O–H groups in total. The number of rotatable bonds is 38. The predicted molar refractivity (Wildman–Crippen MR) is 189 cm³/mol. The van der Waals surface area contributed by atoms with Gasteiger partial charge in [-0.1, -0.05) is 206 Å². The van der Waals surface area contributed by atoms with Gasteiger partial charge in [-0.15, -0.1) is 0 Å². The molecule has 41 heavy (non-hydrogen) atoms. The van der Waals surface area contributed by atoms with Crippen LogP contribution in [-0.4, -0.2) is 13.2 Å². The molecule has 2 unspecified atom stereocenters. The van der Waals surface area contributed by atoms with Crippen LogP contribution in [0.25, 0.3) is 0 Å². The van der Waals surface area contributed by atoms with Gasteiger partial charge in [0, 0.05) is 0 Å². The van der Waals surface area contributed by atoms with Gasteiger partial charge in [-0.05, 0) is 12.8 Å². The smallest absolute Gasteiger partial charge is 0.161 e. The first-order valence-corrected chi connectivity index (χ1v) is 20.4. The first-order valence-electron chi connectivity index (χ1n) is 18.8. The van der Waals surface area contributed by atoms with Crippen molar-refractivity contribution in [1.29, 1.82) is 0 Å². The molecular weight excluding hydrogens is 542 g/mol. The maximum atomic E-state index is 5.62. The Hall–Kier alpha value is 0.740. The average molecular weight is 619 g/mol. The van der Waals surface area contributed by atoms with Crippen LogP contribution in [-0.2, 0) is 13.4 Å². The lowest BCUT2D eigenvalue weighted by Crippen LogP contribution is -1.88. The first kappa shape index (κ1) is 41.7. The SMILES string of the molecule is CCCCCCCCCCCCCCCCCCOPOPOCCCCCCCCCCCCCCCCCC. The van der Waals surface area contributed by atoms with Crippen LogP contribution in [0.5, 0.6) is 0 Å². The molecule has 2 atom stereocenters. The second-order valence-corrected chi connectivity index (χ2v) is 14.3. The number of hydrogen-bond donors (Lipinski definition) is 0. The molecule has 0 saturated carbocycles. The molecule has 3 nitrogen and oxygen atoms in total. The van der Waals surface area contributed by atoms with Gasteiger partial charge in [0.2, 0.25) is 0 Å². The zero-order valence-corrected chi connectivity index (χ0v) is 30.3. The lowest BCUT2D eigenvalue weighted by atomic mass is 10.0. The minimum absolute atomic E-state index is 0.141. The summed E-state index contributed by atoms with van der Waals surface area (Å²) in [6.07, 6.45) is 45.0. The highest BCUT2D eigenvalue weighted by atomic mass is 31.2. The number of hydrogen-bond acceptors (Lipinski definition) is 3. The van der Waals surface area contributed by atoms with Gasteiger partial charge in [-0.2, -0.15) is 0 Å². The summed E-state index contributed by atoms with van der Waals surface area (Å²) in [6.45, 7) is 6.26. The summed E-state index contributed by atoms with van der Waals surface area (Å²) in [5.74, 6) is 0. The van der Waals surface area contributed by atoms with Crippen LogP contribution in [0.4, 0.5) is 0 Å². The molecule has 0 bridgehead atoms. The average Bonchev–Trinajstić information content (AvgIpc) is 2.98. The van der Waals surface area contributed by atoms with Crippen LogP contribution in [0.2, 0.25) is 0 Å². The molecular formula is C36H76O3P2. The fourth-order valence-corrected chi connectivity index (χ4v) is 6.67. The third-order valence-corrected chi connectivity index (χ3v) is 9.71. The highest BCUT2D eigenvalue weighted by Gasteiger charge is 1.97. The molecule has 0 rings (SSSR count). The zero-order valence-electron chi connectivity index (χ0n) is 28.3. The lowest BCUT2D eigenvalue weighted by Gasteiger charge is -2.06. The fraction of sp³-hybridized carbons (Fsp3) is 1.00. The van der Waals surface area contributed by atoms with Gasteiger partial charge < -0.3 is 9.05 Å². The van der Waals surface area contributed by atoms with Crippen LogP contribution in [0.1, 0.15) is 219 Å². The van der Waals surface area contributed by atoms with Gasteiger partial charge >= 0.3 is 0 Å². The molecule has 0 heterocycles. The molecule has 248 valence electrons. The van der Waals surface area contributed by atoms with E-state index < -0.39 is 0 Å². The van der Waals surface area contributed by atoms with Gasteiger partial charge in [-0.25, -0.2) is 0 Å². The molecule has 0 aliphatic heterocycles. The molecule has 0 saturated heterocycles. The monoisotopic (exact) mass is 619 g/mol. The van der Waals surface area contributed by atoms with E-state index in [0.717, 1.165) is 26.1 Å². The lowest BCUT2D eigenvalue weighted by molar-refractivity contribution is 0.294. The Bertz CT molecular complexity index is 401. The molecule has 0 fully saturated rings. The minimum Gasteiger partial charge on any atom is -0.336 e. The van der Waals surface area contributed by atoms with Crippen molar-refractivity contribution in [3.63, 3.8) is 0 Å². The highest BCUT2D eigenvalue weighted by molar-refractivity contribution is 7.40. The quantitative estimate of drug-likeness (QED) is 0.0509. The summed E-state index contributed by atoms with van der Waals surface area (Å²) in [5, 5.41) is 0. The molecule has 0 radical (unpaired) electrons. The first-order chi connectivity index (χ1) is 20.4. The van der Waals surface area contributed by atoms with Crippen molar-refractivity contribution in [2.24, 2.45) is 0 Å². The van der Waals surface area contributed by atoms with Crippen molar-refractivity contribution in [3.8, 4) is 0 Å². The maximum Gasteiger partial charge on any atom is 0.161 e. The molecule has 0 amide bonds. The Morgan fingerprint density at radius 1 is 0.268 bits per heavy atom. The van der Waals surface area contributed by atoms with E-state index in [2.05, 4.69) is 13.8 Å². The van der Waals surface area contributed by atoms with Crippen molar-refractivity contribution < 1.29 is 13.4 Å². The van der Waals surface area contributed by atoms with Gasteiger partial charge in [-0.3, -0.25) is 4.31 Å². The third kappa shape index (κ3) is 40.7. The van der Waals surface area contributed by atoms with Crippen LogP contribution in [0.3, 0.4) is 0 Å². The van der Waals surface area contributed by atoms with E-state index in [-0.39, 0.29) is 18.1 Å². The van der Waals surface area contributed by atoms with Crippen LogP contribution < -0.4 is 0 Å². The van der Waals surface area contributed by atoms with Crippen LogP contribution in [0, 0.1) is 0 Å². The molecule has 0 aromatic rings. The molecule has 0 aromatic carbocycles. The Morgan fingerprint density at radius 3 is 0.683 bits per heavy atom. The Kier molecular flexibility index (Phi) is 41.5. The molecule has 5 heteroatoms. The summed E-state index contributed by atoms with van der Waals surface area (Å²) >= 11 is 0. The second-order valence-electron chi connectivity index (χ2n) is 12.6. The van der Waals surface area contributed by atoms with Crippen molar-refractivity contribution in [2.75, 3.05) is 13.2 Å². The fourth-order valence-electron chi connectivity index (χ4n) is 5.60. The van der Waals surface area contributed by atoms with E-state index in [1.807, 2.05) is 0 Å². The third-order valence-electron chi connectivity index (χ3n) is 8.40. The summed E-state index contributed by atoms with van der Waals surface area (Å²) in [4.78, 5) is 0. The second kappa shape index (κ2) is 40.7. The summed E-state index contributed by atoms with van der Waals surface area (Å²) in [6, 6.07) is 0. The molecule has 0 spiro atoms. The Balaban J connectivity index is 3.02. The molecule has 0 aliphatic carbocycles. The van der Waals surface area contributed by atoms with Crippen molar-refractivity contribution in [3.05, 3.63) is 0 Å². The van der Waals surface area contributed by atoms with E-state index in [4.69, 9.17) is 13.4 Å². The summed E-state index contributed by atoms with van der Waals surface area (Å²) in [7, 11) is 0.282. The van der Waals surface area contributed by atoms with Crippen molar-refractivity contribution in [1.82, 2.24) is 0 Å². The topological polar surface area (TPSA) is 27.7 Å². The molecule has 0 aromatic heterocycles. The Labute approximate surface area is 263 Å². The van der Waals surface area contributed by atoms with E-state index in [1.165, 1.54) is 193 Å². The van der Waals surface area contributed by atoms with Gasteiger partial charge in [0.1, 0.15) is 0 Å².